The van der Waals surface area contributed by atoms with E-state index in [4.69, 9.17) is 14.2 Å². The molecule has 0 aromatic heterocycles. The van der Waals surface area contributed by atoms with Crippen LogP contribution in [0.3, 0.4) is 0 Å². The lowest BCUT2D eigenvalue weighted by molar-refractivity contribution is -0.114. The second-order valence-corrected chi connectivity index (χ2v) is 9.65. The second kappa shape index (κ2) is 11.2. The first-order valence-corrected chi connectivity index (χ1v) is 12.6. The molecule has 0 saturated carbocycles. The summed E-state index contributed by atoms with van der Waals surface area (Å²) in [5.41, 5.74) is 0.720. The van der Waals surface area contributed by atoms with Crippen molar-refractivity contribution in [1.82, 2.24) is 5.32 Å². The summed E-state index contributed by atoms with van der Waals surface area (Å²) in [6.45, 7) is 0.538. The van der Waals surface area contributed by atoms with Gasteiger partial charge in [-0.2, -0.15) is 0 Å². The summed E-state index contributed by atoms with van der Waals surface area (Å²) in [6.07, 6.45) is 2.82. The van der Waals surface area contributed by atoms with E-state index in [1.165, 1.54) is 26.4 Å². The third kappa shape index (κ3) is 6.39. The van der Waals surface area contributed by atoms with Gasteiger partial charge in [-0.15, -0.1) is 0 Å². The molecular weight excluding hydrogens is 462 g/mol. The first-order chi connectivity index (χ1) is 16.2. The van der Waals surface area contributed by atoms with Crippen molar-refractivity contribution in [3.63, 3.8) is 0 Å². The number of anilines is 2. The normalized spacial score (nSPS) is 15.4. The van der Waals surface area contributed by atoms with E-state index in [0.29, 0.717) is 18.9 Å². The molecule has 3 rings (SSSR count). The predicted molar refractivity (Wildman–Crippen MR) is 128 cm³/mol. The highest BCUT2D eigenvalue weighted by molar-refractivity contribution is 7.92. The molecule has 11 heteroatoms. The number of nitrogens with one attached hydrogen (secondary N) is 2. The molecule has 1 aliphatic rings. The van der Waals surface area contributed by atoms with Crippen LogP contribution >= 0.6 is 0 Å². The standard InChI is InChI=1S/C23H29N3O7S/c1-31-16-10-11-20(21(13-16)32-2)26(34(3,29)30)15-22(27)25-19-9-5-4-8-18(19)23(28)24-14-17-7-6-12-33-17/h4-5,8-11,13,17H,6-7,12,14-15H2,1-3H3,(H,24,28)(H,25,27)/t17-/m0/s1. The Morgan fingerprint density at radius 1 is 1.15 bits per heavy atom. The van der Waals surface area contributed by atoms with Gasteiger partial charge in [0.15, 0.2) is 0 Å². The molecule has 184 valence electrons. The SMILES string of the molecule is COc1ccc(N(CC(=O)Nc2ccccc2C(=O)NC[C@@H]2CCCO2)S(C)(=O)=O)c(OC)c1. The van der Waals surface area contributed by atoms with Crippen molar-refractivity contribution in [2.24, 2.45) is 0 Å². The van der Waals surface area contributed by atoms with Gasteiger partial charge in [0.05, 0.1) is 43.5 Å². The molecule has 0 bridgehead atoms. The summed E-state index contributed by atoms with van der Waals surface area (Å²) < 4.78 is 41.9. The Morgan fingerprint density at radius 2 is 1.91 bits per heavy atom. The summed E-state index contributed by atoms with van der Waals surface area (Å²) in [4.78, 5) is 25.6. The number of methoxy groups -OCH3 is 2. The fourth-order valence-corrected chi connectivity index (χ4v) is 4.45. The zero-order valence-electron chi connectivity index (χ0n) is 19.4. The van der Waals surface area contributed by atoms with Gasteiger partial charge in [0, 0.05) is 19.2 Å². The Morgan fingerprint density at radius 3 is 2.56 bits per heavy atom. The molecule has 1 heterocycles. The number of benzene rings is 2. The minimum atomic E-state index is -3.84. The number of sulfonamides is 1. The summed E-state index contributed by atoms with van der Waals surface area (Å²) in [6, 6.07) is 11.1. The van der Waals surface area contributed by atoms with E-state index in [-0.39, 0.29) is 34.7 Å². The number of nitrogens with zero attached hydrogens (tertiary/aromatic N) is 1. The average Bonchev–Trinajstić information content (AvgIpc) is 3.34. The first-order valence-electron chi connectivity index (χ1n) is 10.7. The lowest BCUT2D eigenvalue weighted by atomic mass is 10.1. The summed E-state index contributed by atoms with van der Waals surface area (Å²) in [5, 5.41) is 5.47. The number of amides is 2. The molecule has 1 saturated heterocycles. The number of ether oxygens (including phenoxy) is 3. The second-order valence-electron chi connectivity index (χ2n) is 7.75. The molecule has 0 radical (unpaired) electrons. The van der Waals surface area contributed by atoms with Crippen LogP contribution in [0.15, 0.2) is 42.5 Å². The van der Waals surface area contributed by atoms with E-state index < -0.39 is 22.5 Å². The zero-order valence-corrected chi connectivity index (χ0v) is 20.2. The Labute approximate surface area is 199 Å². The number of hydrogen-bond acceptors (Lipinski definition) is 7. The van der Waals surface area contributed by atoms with Crippen molar-refractivity contribution in [3.05, 3.63) is 48.0 Å². The molecule has 1 fully saturated rings. The monoisotopic (exact) mass is 491 g/mol. The highest BCUT2D eigenvalue weighted by Gasteiger charge is 2.25. The van der Waals surface area contributed by atoms with Crippen LogP contribution in [0.25, 0.3) is 0 Å². The third-order valence-electron chi connectivity index (χ3n) is 5.30. The zero-order chi connectivity index (χ0) is 24.7. The van der Waals surface area contributed by atoms with Crippen LogP contribution in [0.2, 0.25) is 0 Å². The van der Waals surface area contributed by atoms with Gasteiger partial charge in [0.2, 0.25) is 15.9 Å². The molecule has 0 spiro atoms. The molecule has 0 unspecified atom stereocenters. The molecular formula is C23H29N3O7S. The van der Waals surface area contributed by atoms with Gasteiger partial charge in [-0.3, -0.25) is 13.9 Å². The van der Waals surface area contributed by atoms with Crippen LogP contribution in [0.1, 0.15) is 23.2 Å². The van der Waals surface area contributed by atoms with Crippen LogP contribution in [0.4, 0.5) is 11.4 Å². The Hall–Kier alpha value is -3.31. The maximum absolute atomic E-state index is 12.9. The molecule has 1 atom stereocenters. The molecule has 2 aromatic carbocycles. The van der Waals surface area contributed by atoms with E-state index in [1.54, 1.807) is 30.3 Å². The molecule has 2 aromatic rings. The van der Waals surface area contributed by atoms with Crippen molar-refractivity contribution in [1.29, 1.82) is 0 Å². The molecule has 10 nitrogen and oxygen atoms in total. The third-order valence-corrected chi connectivity index (χ3v) is 6.43. The quantitative estimate of drug-likeness (QED) is 0.521. The van der Waals surface area contributed by atoms with Gasteiger partial charge in [-0.05, 0) is 37.1 Å². The van der Waals surface area contributed by atoms with E-state index in [0.717, 1.165) is 23.4 Å². The van der Waals surface area contributed by atoms with Crippen LogP contribution < -0.4 is 24.4 Å². The maximum Gasteiger partial charge on any atom is 0.253 e. The molecule has 1 aliphatic heterocycles. The molecule has 2 amide bonds. The van der Waals surface area contributed by atoms with Gasteiger partial charge in [0.1, 0.15) is 18.0 Å². The number of hydrogen-bond donors (Lipinski definition) is 2. The lowest BCUT2D eigenvalue weighted by Gasteiger charge is -2.24. The number of carbonyl (C=O) groups is 2. The lowest BCUT2D eigenvalue weighted by Crippen LogP contribution is -2.38. The van der Waals surface area contributed by atoms with Crippen LogP contribution in [-0.4, -0.2) is 66.5 Å². The Bertz CT molecular complexity index is 1130. The van der Waals surface area contributed by atoms with Gasteiger partial charge in [-0.25, -0.2) is 8.42 Å². The van der Waals surface area contributed by atoms with Crippen LogP contribution in [0, 0.1) is 0 Å². The van der Waals surface area contributed by atoms with Crippen molar-refractivity contribution in [2.75, 3.05) is 49.8 Å². The minimum Gasteiger partial charge on any atom is -0.497 e. The topological polar surface area (TPSA) is 123 Å². The molecule has 2 N–H and O–H groups in total. The van der Waals surface area contributed by atoms with Crippen LogP contribution in [-0.2, 0) is 19.6 Å². The minimum absolute atomic E-state index is 0.0199. The summed E-state index contributed by atoms with van der Waals surface area (Å²) >= 11 is 0. The fourth-order valence-electron chi connectivity index (χ4n) is 3.59. The van der Waals surface area contributed by atoms with Gasteiger partial charge in [-0.1, -0.05) is 12.1 Å². The molecule has 34 heavy (non-hydrogen) atoms. The highest BCUT2D eigenvalue weighted by Crippen LogP contribution is 2.33. The molecule has 0 aliphatic carbocycles. The fraction of sp³-hybridized carbons (Fsp3) is 0.391. The summed E-state index contributed by atoms with van der Waals surface area (Å²) in [5.74, 6) is -0.279. The van der Waals surface area contributed by atoms with E-state index in [2.05, 4.69) is 10.6 Å². The van der Waals surface area contributed by atoms with Crippen molar-refractivity contribution in [3.8, 4) is 11.5 Å². The Kier molecular flexibility index (Phi) is 8.35. The summed E-state index contributed by atoms with van der Waals surface area (Å²) in [7, 11) is -0.974. The van der Waals surface area contributed by atoms with Gasteiger partial charge >= 0.3 is 0 Å². The van der Waals surface area contributed by atoms with E-state index in [9.17, 15) is 18.0 Å². The Balaban J connectivity index is 1.76. The van der Waals surface area contributed by atoms with Gasteiger partial charge in [0.25, 0.3) is 5.91 Å². The number of para-hydroxylation sites is 1. The smallest absolute Gasteiger partial charge is 0.253 e. The predicted octanol–water partition coefficient (Wildman–Crippen LogP) is 2.02. The van der Waals surface area contributed by atoms with E-state index in [1.807, 2.05) is 0 Å². The first kappa shape index (κ1) is 25.3. The van der Waals surface area contributed by atoms with E-state index >= 15 is 0 Å². The maximum atomic E-state index is 12.9. The van der Waals surface area contributed by atoms with Crippen molar-refractivity contribution in [2.45, 2.75) is 18.9 Å². The van der Waals surface area contributed by atoms with Gasteiger partial charge < -0.3 is 24.8 Å². The highest BCUT2D eigenvalue weighted by atomic mass is 32.2. The number of carbonyl (C=O) groups excluding carboxylic acids is 2. The van der Waals surface area contributed by atoms with Crippen LogP contribution in [0.5, 0.6) is 11.5 Å². The van der Waals surface area contributed by atoms with Crippen molar-refractivity contribution < 1.29 is 32.2 Å². The largest absolute Gasteiger partial charge is 0.497 e. The number of rotatable bonds is 10. The average molecular weight is 492 g/mol. The van der Waals surface area contributed by atoms with Crippen molar-refractivity contribution >= 4 is 33.2 Å².